The lowest BCUT2D eigenvalue weighted by Crippen LogP contribution is -2.08. The number of carbonyl (C=O) groups excluding carboxylic acids is 1. The van der Waals surface area contributed by atoms with E-state index in [1.165, 1.54) is 22.9 Å². The van der Waals surface area contributed by atoms with Crippen LogP contribution in [0.4, 0.5) is 13.2 Å². The molecule has 5 nitrogen and oxygen atoms in total. The van der Waals surface area contributed by atoms with E-state index in [9.17, 15) is 18.0 Å². The Balaban J connectivity index is 1.94. The Morgan fingerprint density at radius 1 is 1.24 bits per heavy atom. The van der Waals surface area contributed by atoms with E-state index in [1.54, 1.807) is 14.0 Å². The van der Waals surface area contributed by atoms with Crippen LogP contribution in [0, 0.1) is 6.92 Å². The summed E-state index contributed by atoms with van der Waals surface area (Å²) in [6.07, 6.45) is -3.00. The summed E-state index contributed by atoms with van der Waals surface area (Å²) in [6.45, 7) is 1.72. The quantitative estimate of drug-likeness (QED) is 0.598. The predicted molar refractivity (Wildman–Crippen MR) is 85.0 cm³/mol. The molecule has 0 fully saturated rings. The van der Waals surface area contributed by atoms with Gasteiger partial charge in [-0.15, -0.1) is 0 Å². The van der Waals surface area contributed by atoms with Crippen molar-refractivity contribution < 1.29 is 22.7 Å². The molecule has 3 rings (SSSR count). The third-order valence-corrected chi connectivity index (χ3v) is 4.01. The minimum Gasteiger partial charge on any atom is -0.402 e. The monoisotopic (exact) mass is 369 g/mol. The number of esters is 1. The largest absolute Gasteiger partial charge is 0.416 e. The number of nitrogens with zero attached hydrogens (tertiary/aromatic N) is 3. The minimum atomic E-state index is -4.44. The fraction of sp³-hybridized carbons (Fsp3) is 0.188. The van der Waals surface area contributed by atoms with E-state index in [4.69, 9.17) is 16.3 Å². The predicted octanol–water partition coefficient (Wildman–Crippen LogP) is 3.75. The van der Waals surface area contributed by atoms with Gasteiger partial charge in [0.05, 0.1) is 11.3 Å². The molecule has 0 aliphatic carbocycles. The van der Waals surface area contributed by atoms with Crippen molar-refractivity contribution in [3.05, 3.63) is 57.5 Å². The van der Waals surface area contributed by atoms with Crippen molar-refractivity contribution in [3.63, 3.8) is 0 Å². The topological polar surface area (TPSA) is 56.5 Å². The molecule has 0 unspecified atom stereocenters. The van der Waals surface area contributed by atoms with Crippen molar-refractivity contribution in [1.82, 2.24) is 9.78 Å². The van der Waals surface area contributed by atoms with Crippen LogP contribution in [0.1, 0.15) is 22.4 Å². The van der Waals surface area contributed by atoms with Gasteiger partial charge in [0, 0.05) is 18.2 Å². The molecule has 0 radical (unpaired) electrons. The molecule has 0 amide bonds. The van der Waals surface area contributed by atoms with Crippen molar-refractivity contribution >= 4 is 29.5 Å². The Morgan fingerprint density at radius 3 is 2.40 bits per heavy atom. The lowest BCUT2D eigenvalue weighted by Gasteiger charge is -2.06. The molecule has 0 saturated heterocycles. The van der Waals surface area contributed by atoms with Gasteiger partial charge >= 0.3 is 12.1 Å². The minimum absolute atomic E-state index is 0.00658. The summed E-state index contributed by atoms with van der Waals surface area (Å²) in [5.41, 5.74) is 0.584. The van der Waals surface area contributed by atoms with Crippen LogP contribution in [0.25, 0.3) is 6.08 Å². The number of hydrogen-bond acceptors (Lipinski definition) is 4. The Kier molecular flexibility index (Phi) is 4.16. The number of aryl methyl sites for hydroxylation is 2. The highest BCUT2D eigenvalue weighted by Gasteiger charge is 2.31. The number of ether oxygens (including phenoxy) is 1. The van der Waals surface area contributed by atoms with E-state index in [2.05, 4.69) is 10.1 Å². The molecule has 25 heavy (non-hydrogen) atoms. The zero-order valence-corrected chi connectivity index (χ0v) is 13.8. The van der Waals surface area contributed by atoms with Crippen molar-refractivity contribution in [2.75, 3.05) is 0 Å². The van der Waals surface area contributed by atoms with E-state index in [-0.39, 0.29) is 17.2 Å². The second-order valence-corrected chi connectivity index (χ2v) is 5.68. The maximum Gasteiger partial charge on any atom is 0.416 e. The van der Waals surface area contributed by atoms with Gasteiger partial charge in [-0.05, 0) is 37.3 Å². The molecule has 0 atom stereocenters. The number of aliphatic imine (C=N–C) groups is 1. The van der Waals surface area contributed by atoms with E-state index in [0.29, 0.717) is 16.4 Å². The third kappa shape index (κ3) is 3.30. The van der Waals surface area contributed by atoms with Crippen LogP contribution < -0.4 is 0 Å². The second kappa shape index (κ2) is 6.03. The molecule has 0 saturated carbocycles. The van der Waals surface area contributed by atoms with E-state index < -0.39 is 17.7 Å². The molecule has 0 N–H and O–H groups in total. The number of hydrogen-bond donors (Lipinski definition) is 0. The summed E-state index contributed by atoms with van der Waals surface area (Å²) < 4.78 is 44.3. The van der Waals surface area contributed by atoms with Crippen molar-refractivity contribution in [2.45, 2.75) is 13.1 Å². The molecule has 1 aliphatic rings. The van der Waals surface area contributed by atoms with Crippen LogP contribution >= 0.6 is 11.6 Å². The summed E-state index contributed by atoms with van der Waals surface area (Å²) in [5.74, 6) is -0.781. The fourth-order valence-corrected chi connectivity index (χ4v) is 2.51. The van der Waals surface area contributed by atoms with Gasteiger partial charge in [0.2, 0.25) is 5.90 Å². The lowest BCUT2D eigenvalue weighted by atomic mass is 10.1. The molecule has 2 aromatic rings. The first kappa shape index (κ1) is 17.2. The summed E-state index contributed by atoms with van der Waals surface area (Å²) in [5, 5.41) is 4.45. The second-order valence-electron chi connectivity index (χ2n) is 5.32. The Hall–Kier alpha value is -2.61. The number of halogens is 4. The highest BCUT2D eigenvalue weighted by atomic mass is 35.5. The van der Waals surface area contributed by atoms with Crippen LogP contribution in [-0.2, 0) is 22.8 Å². The normalized spacial score (nSPS) is 16.3. The van der Waals surface area contributed by atoms with Crippen molar-refractivity contribution in [2.24, 2.45) is 12.0 Å². The van der Waals surface area contributed by atoms with E-state index >= 15 is 0 Å². The van der Waals surface area contributed by atoms with Gasteiger partial charge in [-0.25, -0.2) is 9.79 Å². The van der Waals surface area contributed by atoms with Crippen LogP contribution in [0.15, 0.2) is 35.0 Å². The van der Waals surface area contributed by atoms with Gasteiger partial charge in [0.25, 0.3) is 0 Å². The maximum atomic E-state index is 12.6. The zero-order valence-electron chi connectivity index (χ0n) is 13.1. The highest BCUT2D eigenvalue weighted by molar-refractivity contribution is 6.31. The molecule has 2 heterocycles. The number of benzene rings is 1. The average Bonchev–Trinajstić information content (AvgIpc) is 3.02. The van der Waals surface area contributed by atoms with Crippen molar-refractivity contribution in [3.8, 4) is 0 Å². The zero-order chi connectivity index (χ0) is 18.4. The summed E-state index contributed by atoms with van der Waals surface area (Å²) in [4.78, 5) is 16.0. The molecule has 1 aliphatic heterocycles. The number of aromatic nitrogens is 2. The smallest absolute Gasteiger partial charge is 0.402 e. The average molecular weight is 370 g/mol. The SMILES string of the molecule is Cc1nn(C)c(Cl)c1/C=C1\N=C(c2ccc(C(F)(F)F)cc2)OC1=O. The number of alkyl halides is 3. The van der Waals surface area contributed by atoms with E-state index in [1.807, 2.05) is 0 Å². The number of carbonyl (C=O) groups is 1. The Bertz CT molecular complexity index is 912. The Labute approximate surface area is 145 Å². The Morgan fingerprint density at radius 2 is 1.88 bits per heavy atom. The van der Waals surface area contributed by atoms with Crippen LogP contribution in [0.3, 0.4) is 0 Å². The summed E-state index contributed by atoms with van der Waals surface area (Å²) in [7, 11) is 1.65. The van der Waals surface area contributed by atoms with Gasteiger partial charge in [0.1, 0.15) is 5.15 Å². The fourth-order valence-electron chi connectivity index (χ4n) is 2.28. The van der Waals surface area contributed by atoms with Gasteiger partial charge in [-0.2, -0.15) is 18.3 Å². The lowest BCUT2D eigenvalue weighted by molar-refractivity contribution is -0.137. The van der Waals surface area contributed by atoms with Gasteiger partial charge < -0.3 is 4.74 Å². The van der Waals surface area contributed by atoms with Gasteiger partial charge in [0.15, 0.2) is 5.70 Å². The molecule has 1 aromatic carbocycles. The first-order valence-electron chi connectivity index (χ1n) is 7.06. The van der Waals surface area contributed by atoms with Gasteiger partial charge in [-0.1, -0.05) is 11.6 Å². The molecular formula is C16H11ClF3N3O2. The summed E-state index contributed by atoms with van der Waals surface area (Å²) in [6, 6.07) is 4.19. The molecule has 0 bridgehead atoms. The van der Waals surface area contributed by atoms with Crippen molar-refractivity contribution in [1.29, 1.82) is 0 Å². The molecule has 130 valence electrons. The molecule has 1 aromatic heterocycles. The van der Waals surface area contributed by atoms with Crippen LogP contribution in [0.5, 0.6) is 0 Å². The highest BCUT2D eigenvalue weighted by Crippen LogP contribution is 2.30. The van der Waals surface area contributed by atoms with Crippen LogP contribution in [0.2, 0.25) is 5.15 Å². The summed E-state index contributed by atoms with van der Waals surface area (Å²) >= 11 is 6.10. The molecular weight excluding hydrogens is 359 g/mol. The third-order valence-electron chi connectivity index (χ3n) is 3.56. The standard InChI is InChI=1S/C16H11ClF3N3O2/c1-8-11(13(17)23(2)22-8)7-12-15(24)25-14(21-12)9-3-5-10(6-4-9)16(18,19)20/h3-7H,1-2H3/b12-7-. The molecule has 0 spiro atoms. The number of cyclic esters (lactones) is 1. The van der Waals surface area contributed by atoms with Gasteiger partial charge in [-0.3, -0.25) is 4.68 Å². The first-order chi connectivity index (χ1) is 11.7. The molecule has 9 heteroatoms. The van der Waals surface area contributed by atoms with E-state index in [0.717, 1.165) is 12.1 Å². The maximum absolute atomic E-state index is 12.6. The van der Waals surface area contributed by atoms with Crippen LogP contribution in [-0.4, -0.2) is 21.6 Å². The number of rotatable bonds is 2. The first-order valence-corrected chi connectivity index (χ1v) is 7.44.